The second-order valence-electron chi connectivity index (χ2n) is 5.67. The second-order valence-corrected chi connectivity index (χ2v) is 5.67. The molecule has 2 atom stereocenters. The number of nitrogens with one attached hydrogen (secondary N) is 2. The summed E-state index contributed by atoms with van der Waals surface area (Å²) in [5, 5.41) is 5.87. The molecule has 1 amide bonds. The Hall–Kier alpha value is -1.14. The standard InChI is InChI=1S/C17H26N2O3.ClH/c1-13(19-16(20)12-18-2)17(14-6-4-3-5-7-14)22-15-8-10-21-11-9-15;/h3-7,13,15,17-18H,8-12H2,1-2H3,(H,19,20);1H. The van der Waals surface area contributed by atoms with Gasteiger partial charge in [-0.15, -0.1) is 12.4 Å². The first-order valence-electron chi connectivity index (χ1n) is 7.93. The first-order chi connectivity index (χ1) is 10.7. The maximum atomic E-state index is 11.8. The Morgan fingerprint density at radius 1 is 1.30 bits per heavy atom. The summed E-state index contributed by atoms with van der Waals surface area (Å²) in [6.45, 7) is 3.78. The van der Waals surface area contributed by atoms with E-state index in [1.54, 1.807) is 7.05 Å². The molecule has 1 aromatic rings. The van der Waals surface area contributed by atoms with Gasteiger partial charge >= 0.3 is 0 Å². The molecule has 130 valence electrons. The molecule has 0 bridgehead atoms. The number of hydrogen-bond acceptors (Lipinski definition) is 4. The molecule has 5 nitrogen and oxygen atoms in total. The molecule has 0 spiro atoms. The maximum Gasteiger partial charge on any atom is 0.234 e. The van der Waals surface area contributed by atoms with Crippen LogP contribution in [0.25, 0.3) is 0 Å². The van der Waals surface area contributed by atoms with Crippen molar-refractivity contribution in [3.8, 4) is 0 Å². The highest BCUT2D eigenvalue weighted by molar-refractivity contribution is 5.85. The van der Waals surface area contributed by atoms with Crippen LogP contribution in [0.2, 0.25) is 0 Å². The van der Waals surface area contributed by atoms with E-state index in [0.29, 0.717) is 6.54 Å². The lowest BCUT2D eigenvalue weighted by Crippen LogP contribution is -2.43. The van der Waals surface area contributed by atoms with Gasteiger partial charge in [-0.1, -0.05) is 30.3 Å². The van der Waals surface area contributed by atoms with E-state index >= 15 is 0 Å². The van der Waals surface area contributed by atoms with Crippen molar-refractivity contribution >= 4 is 18.3 Å². The number of amides is 1. The Balaban J connectivity index is 0.00000264. The van der Waals surface area contributed by atoms with Gasteiger partial charge in [0.05, 0.1) is 18.7 Å². The van der Waals surface area contributed by atoms with Crippen molar-refractivity contribution in [1.82, 2.24) is 10.6 Å². The molecule has 0 radical (unpaired) electrons. The summed E-state index contributed by atoms with van der Waals surface area (Å²) >= 11 is 0. The van der Waals surface area contributed by atoms with E-state index in [4.69, 9.17) is 9.47 Å². The zero-order valence-electron chi connectivity index (χ0n) is 13.8. The molecule has 2 unspecified atom stereocenters. The minimum absolute atomic E-state index is 0. The third-order valence-corrected chi connectivity index (χ3v) is 3.82. The van der Waals surface area contributed by atoms with Gasteiger partial charge in [0.15, 0.2) is 0 Å². The van der Waals surface area contributed by atoms with Gasteiger partial charge in [0.25, 0.3) is 0 Å². The van der Waals surface area contributed by atoms with Crippen LogP contribution in [0.4, 0.5) is 0 Å². The number of ether oxygens (including phenoxy) is 2. The zero-order chi connectivity index (χ0) is 15.8. The van der Waals surface area contributed by atoms with Crippen LogP contribution >= 0.6 is 12.4 Å². The molecule has 6 heteroatoms. The molecule has 1 aromatic carbocycles. The topological polar surface area (TPSA) is 59.6 Å². The summed E-state index contributed by atoms with van der Waals surface area (Å²) in [5.74, 6) is -0.0218. The van der Waals surface area contributed by atoms with Crippen LogP contribution in [-0.2, 0) is 14.3 Å². The third-order valence-electron chi connectivity index (χ3n) is 3.82. The van der Waals surface area contributed by atoms with Crippen molar-refractivity contribution in [1.29, 1.82) is 0 Å². The quantitative estimate of drug-likeness (QED) is 0.796. The number of likely N-dealkylation sites (N-methyl/N-ethyl adjacent to an activating group) is 1. The predicted octanol–water partition coefficient (Wildman–Crippen LogP) is 2.07. The number of carbonyl (C=O) groups is 1. The van der Waals surface area contributed by atoms with Crippen molar-refractivity contribution in [3.05, 3.63) is 35.9 Å². The van der Waals surface area contributed by atoms with Gasteiger partial charge in [-0.2, -0.15) is 0 Å². The number of hydrogen-bond donors (Lipinski definition) is 2. The Labute approximate surface area is 144 Å². The zero-order valence-corrected chi connectivity index (χ0v) is 14.6. The highest BCUT2D eigenvalue weighted by atomic mass is 35.5. The van der Waals surface area contributed by atoms with Gasteiger partial charge in [0, 0.05) is 13.2 Å². The number of carbonyl (C=O) groups excluding carboxylic acids is 1. The van der Waals surface area contributed by atoms with Gasteiger partial charge in [0.1, 0.15) is 6.10 Å². The average Bonchev–Trinajstić information content (AvgIpc) is 2.54. The number of benzene rings is 1. The summed E-state index contributed by atoms with van der Waals surface area (Å²) in [5.41, 5.74) is 1.09. The van der Waals surface area contributed by atoms with Crippen molar-refractivity contribution in [2.45, 2.75) is 38.0 Å². The molecular weight excluding hydrogens is 316 g/mol. The molecule has 1 aliphatic rings. The molecule has 0 aromatic heterocycles. The summed E-state index contributed by atoms with van der Waals surface area (Å²) in [7, 11) is 1.76. The van der Waals surface area contributed by atoms with E-state index < -0.39 is 0 Å². The molecule has 1 fully saturated rings. The molecule has 1 heterocycles. The largest absolute Gasteiger partial charge is 0.381 e. The highest BCUT2D eigenvalue weighted by Gasteiger charge is 2.26. The van der Waals surface area contributed by atoms with E-state index in [9.17, 15) is 4.79 Å². The summed E-state index contributed by atoms with van der Waals surface area (Å²) in [4.78, 5) is 11.8. The summed E-state index contributed by atoms with van der Waals surface area (Å²) in [6, 6.07) is 9.98. The molecule has 1 aliphatic heterocycles. The first-order valence-corrected chi connectivity index (χ1v) is 7.93. The second kappa shape index (κ2) is 10.6. The van der Waals surface area contributed by atoms with Gasteiger partial charge in [-0.3, -0.25) is 4.79 Å². The molecular formula is C17H27ClN2O3. The Morgan fingerprint density at radius 2 is 1.96 bits per heavy atom. The van der Waals surface area contributed by atoms with E-state index in [-0.39, 0.29) is 36.6 Å². The van der Waals surface area contributed by atoms with Crippen LogP contribution < -0.4 is 10.6 Å². The van der Waals surface area contributed by atoms with E-state index in [1.165, 1.54) is 0 Å². The Bertz CT molecular complexity index is 452. The minimum atomic E-state index is -0.148. The number of rotatable bonds is 7. The normalized spacial score (nSPS) is 17.8. The third kappa shape index (κ3) is 6.47. The lowest BCUT2D eigenvalue weighted by atomic mass is 10.0. The maximum absolute atomic E-state index is 11.8. The summed E-state index contributed by atoms with van der Waals surface area (Å²) < 4.78 is 11.7. The smallest absolute Gasteiger partial charge is 0.234 e. The predicted molar refractivity (Wildman–Crippen MR) is 92.9 cm³/mol. The van der Waals surface area contributed by atoms with Crippen LogP contribution in [-0.4, -0.2) is 44.9 Å². The lowest BCUT2D eigenvalue weighted by Gasteiger charge is -2.31. The average molecular weight is 343 g/mol. The van der Waals surface area contributed by atoms with Crippen molar-refractivity contribution < 1.29 is 14.3 Å². The molecule has 23 heavy (non-hydrogen) atoms. The van der Waals surface area contributed by atoms with E-state index in [2.05, 4.69) is 10.6 Å². The van der Waals surface area contributed by atoms with Crippen LogP contribution in [0.3, 0.4) is 0 Å². The van der Waals surface area contributed by atoms with Gasteiger partial charge in [0.2, 0.25) is 5.91 Å². The van der Waals surface area contributed by atoms with Crippen LogP contribution in [0.5, 0.6) is 0 Å². The molecule has 1 saturated heterocycles. The summed E-state index contributed by atoms with van der Waals surface area (Å²) in [6.07, 6.45) is 1.84. The van der Waals surface area contributed by atoms with Crippen molar-refractivity contribution in [2.24, 2.45) is 0 Å². The molecule has 2 N–H and O–H groups in total. The first kappa shape index (κ1) is 19.9. The van der Waals surface area contributed by atoms with Crippen molar-refractivity contribution in [2.75, 3.05) is 26.8 Å². The van der Waals surface area contributed by atoms with Gasteiger partial charge < -0.3 is 20.1 Å². The van der Waals surface area contributed by atoms with Gasteiger partial charge in [-0.25, -0.2) is 0 Å². The van der Waals surface area contributed by atoms with Crippen molar-refractivity contribution in [3.63, 3.8) is 0 Å². The van der Waals surface area contributed by atoms with E-state index in [0.717, 1.165) is 31.6 Å². The van der Waals surface area contributed by atoms with Gasteiger partial charge in [-0.05, 0) is 32.4 Å². The Morgan fingerprint density at radius 3 is 2.57 bits per heavy atom. The van der Waals surface area contributed by atoms with Crippen LogP contribution in [0, 0.1) is 0 Å². The fourth-order valence-corrected chi connectivity index (χ4v) is 2.69. The molecule has 0 aliphatic carbocycles. The lowest BCUT2D eigenvalue weighted by molar-refractivity contribution is -0.124. The number of halogens is 1. The fourth-order valence-electron chi connectivity index (χ4n) is 2.69. The monoisotopic (exact) mass is 342 g/mol. The van der Waals surface area contributed by atoms with Crippen LogP contribution in [0.1, 0.15) is 31.4 Å². The Kier molecular flexibility index (Phi) is 9.17. The molecule has 0 saturated carbocycles. The van der Waals surface area contributed by atoms with Crippen LogP contribution in [0.15, 0.2) is 30.3 Å². The SMILES string of the molecule is CNCC(=O)NC(C)C(OC1CCOCC1)c1ccccc1.Cl. The van der Waals surface area contributed by atoms with E-state index in [1.807, 2.05) is 37.3 Å². The fraction of sp³-hybridized carbons (Fsp3) is 0.588. The minimum Gasteiger partial charge on any atom is -0.381 e. The highest BCUT2D eigenvalue weighted by Crippen LogP contribution is 2.26. The molecule has 2 rings (SSSR count).